The molecule has 0 aliphatic carbocycles. The molecule has 0 amide bonds. The zero-order valence-corrected chi connectivity index (χ0v) is 15.9. The first-order valence-electron chi connectivity index (χ1n) is 7.90. The molecule has 2 aromatic heterocycles. The summed E-state index contributed by atoms with van der Waals surface area (Å²) in [5, 5.41) is 2.89. The molecule has 4 aromatic rings. The number of H-pyrrole nitrogens is 1. The van der Waals surface area contributed by atoms with Gasteiger partial charge in [0.15, 0.2) is 0 Å². The number of imidazole rings is 1. The van der Waals surface area contributed by atoms with Crippen molar-refractivity contribution in [1.29, 1.82) is 0 Å². The van der Waals surface area contributed by atoms with Gasteiger partial charge in [-0.25, -0.2) is 18.6 Å². The van der Waals surface area contributed by atoms with E-state index in [1.807, 2.05) is 64.7 Å². The Labute approximate surface area is 166 Å². The molecule has 0 radical (unpaired) electrons. The molecular weight excluding hydrogens is 404 g/mol. The van der Waals surface area contributed by atoms with Gasteiger partial charge in [0.2, 0.25) is 0 Å². The lowest BCUT2D eigenvalue weighted by Gasteiger charge is -2.17. The van der Waals surface area contributed by atoms with Crippen molar-refractivity contribution in [2.75, 3.05) is 5.73 Å². The number of thiazole rings is 1. The first kappa shape index (κ1) is 20.0. The van der Waals surface area contributed by atoms with Gasteiger partial charge < -0.3 is 5.73 Å². The van der Waals surface area contributed by atoms with E-state index in [-0.39, 0.29) is 0 Å². The summed E-state index contributed by atoms with van der Waals surface area (Å²) in [5.41, 5.74) is 10.3. The van der Waals surface area contributed by atoms with Gasteiger partial charge in [-0.15, -0.1) is 15.2 Å². The molecule has 8 nitrogen and oxygen atoms in total. The van der Waals surface area contributed by atoms with E-state index in [2.05, 4.69) is 17.1 Å². The van der Waals surface area contributed by atoms with Crippen LogP contribution in [0.3, 0.4) is 0 Å². The Morgan fingerprint density at radius 3 is 2.00 bits per heavy atom. The smallest absolute Gasteiger partial charge is 0.310 e. The van der Waals surface area contributed by atoms with Gasteiger partial charge in [0, 0.05) is 16.5 Å². The van der Waals surface area contributed by atoms with Gasteiger partial charge in [0.1, 0.15) is 11.4 Å². The average Bonchev–Trinajstić information content (AvgIpc) is 3.28. The lowest BCUT2D eigenvalue weighted by Crippen LogP contribution is -2.68. The number of nitrogen functional groups attached to an aromatic ring is 1. The van der Waals surface area contributed by atoms with Gasteiger partial charge in [-0.05, 0) is 0 Å². The third-order valence-electron chi connectivity index (χ3n) is 3.63. The van der Waals surface area contributed by atoms with Crippen LogP contribution in [0.2, 0.25) is 0 Å². The maximum atomic E-state index is 8.49. The SMILES string of the molecule is Nc1[nH]c(-c2ccccc2)c[n+]1-c1nc(-c2ccccc2)cs1.[O-][Cl+3]([O-])([O-])[O-]. The van der Waals surface area contributed by atoms with Crippen molar-refractivity contribution in [2.24, 2.45) is 0 Å². The summed E-state index contributed by atoms with van der Waals surface area (Å²) >= 11 is 1.57. The van der Waals surface area contributed by atoms with E-state index in [1.165, 1.54) is 0 Å². The van der Waals surface area contributed by atoms with Crippen molar-refractivity contribution < 1.29 is 33.4 Å². The molecule has 0 aliphatic heterocycles. The summed E-state index contributed by atoms with van der Waals surface area (Å²) in [6.45, 7) is 0. The molecule has 3 N–H and O–H groups in total. The molecule has 0 atom stereocenters. The zero-order chi connectivity index (χ0) is 20.1. The van der Waals surface area contributed by atoms with E-state index in [0.717, 1.165) is 27.6 Å². The molecule has 28 heavy (non-hydrogen) atoms. The average molecular weight is 419 g/mol. The zero-order valence-electron chi connectivity index (χ0n) is 14.3. The van der Waals surface area contributed by atoms with Crippen molar-refractivity contribution in [3.05, 3.63) is 72.2 Å². The van der Waals surface area contributed by atoms with Gasteiger partial charge in [0.05, 0.1) is 6.20 Å². The third-order valence-corrected chi connectivity index (χ3v) is 4.47. The van der Waals surface area contributed by atoms with Crippen LogP contribution in [0.5, 0.6) is 0 Å². The maximum absolute atomic E-state index is 8.49. The fourth-order valence-corrected chi connectivity index (χ4v) is 3.29. The van der Waals surface area contributed by atoms with Crippen LogP contribution in [0.4, 0.5) is 5.95 Å². The summed E-state index contributed by atoms with van der Waals surface area (Å²) in [6, 6.07) is 20.2. The molecule has 0 spiro atoms. The van der Waals surface area contributed by atoms with E-state index >= 15 is 0 Å². The first-order valence-corrected chi connectivity index (χ1v) is 10.0. The Hall–Kier alpha value is -2.79. The molecule has 10 heteroatoms. The molecule has 0 aliphatic rings. The molecule has 0 unspecified atom stereocenters. The quantitative estimate of drug-likeness (QED) is 0.403. The predicted molar refractivity (Wildman–Crippen MR) is 93.3 cm³/mol. The largest absolute Gasteiger partial charge is 0.317 e. The number of rotatable bonds is 3. The van der Waals surface area contributed by atoms with Crippen LogP contribution in [-0.4, -0.2) is 9.97 Å². The molecule has 0 bridgehead atoms. The minimum absolute atomic E-state index is 0.567. The number of anilines is 1. The summed E-state index contributed by atoms with van der Waals surface area (Å²) in [5.74, 6) is 0.567. The number of nitrogens with two attached hydrogens (primary N) is 1. The maximum Gasteiger partial charge on any atom is 0.317 e. The molecule has 2 heterocycles. The van der Waals surface area contributed by atoms with Gasteiger partial charge in [-0.1, -0.05) is 72.0 Å². The van der Waals surface area contributed by atoms with Gasteiger partial charge in [0.25, 0.3) is 5.13 Å². The molecule has 0 saturated carbocycles. The molecular formula is C18H15ClN4O4S. The van der Waals surface area contributed by atoms with Crippen LogP contribution < -0.4 is 28.9 Å². The van der Waals surface area contributed by atoms with Gasteiger partial charge >= 0.3 is 5.95 Å². The highest BCUT2D eigenvalue weighted by Crippen LogP contribution is 2.23. The molecule has 144 valence electrons. The second-order valence-electron chi connectivity index (χ2n) is 5.55. The number of aromatic nitrogens is 3. The number of benzene rings is 2. The Bertz CT molecular complexity index is 1030. The number of nitrogens with zero attached hydrogens (tertiary/aromatic N) is 2. The van der Waals surface area contributed by atoms with E-state index < -0.39 is 10.2 Å². The van der Waals surface area contributed by atoms with Crippen LogP contribution >= 0.6 is 11.3 Å². The van der Waals surface area contributed by atoms with Gasteiger partial charge in [-0.3, -0.25) is 4.98 Å². The Morgan fingerprint density at radius 1 is 0.893 bits per heavy atom. The fourth-order valence-electron chi connectivity index (χ4n) is 2.47. The lowest BCUT2D eigenvalue weighted by atomic mass is 10.2. The highest BCUT2D eigenvalue weighted by Gasteiger charge is 2.17. The monoisotopic (exact) mass is 418 g/mol. The highest BCUT2D eigenvalue weighted by atomic mass is 35.7. The number of nitrogens with one attached hydrogen (secondary N) is 1. The molecule has 2 aromatic carbocycles. The van der Waals surface area contributed by atoms with E-state index in [1.54, 1.807) is 11.3 Å². The predicted octanol–water partition coefficient (Wildman–Crippen LogP) is -1.09. The van der Waals surface area contributed by atoms with Crippen molar-refractivity contribution in [3.63, 3.8) is 0 Å². The molecule has 0 fully saturated rings. The summed E-state index contributed by atoms with van der Waals surface area (Å²) < 4.78 is 35.9. The van der Waals surface area contributed by atoms with Crippen molar-refractivity contribution in [2.45, 2.75) is 0 Å². The number of hydrogen-bond donors (Lipinski definition) is 2. The van der Waals surface area contributed by atoms with E-state index in [4.69, 9.17) is 29.4 Å². The van der Waals surface area contributed by atoms with Crippen molar-refractivity contribution in [3.8, 4) is 27.6 Å². The third kappa shape index (κ3) is 5.36. The van der Waals surface area contributed by atoms with Crippen LogP contribution in [0.25, 0.3) is 27.6 Å². The summed E-state index contributed by atoms with van der Waals surface area (Å²) in [4.78, 5) is 7.92. The van der Waals surface area contributed by atoms with Crippen LogP contribution in [0.15, 0.2) is 72.2 Å². The summed E-state index contributed by atoms with van der Waals surface area (Å²) in [7, 11) is -4.94. The number of halogens is 1. The van der Waals surface area contributed by atoms with Gasteiger partial charge in [-0.2, -0.15) is 4.57 Å². The standard InChI is InChI=1S/C18H14N4S.ClHO4/c19-17-20-15(13-7-3-1-4-8-13)11-22(17)18-21-16(12-23-18)14-9-5-2-6-10-14;2-1(3,4)5/h1-12H,(H2,19,20);(H,2,3,4,5). The minimum Gasteiger partial charge on any atom is -0.310 e. The second kappa shape index (κ2) is 8.48. The number of hydrogen-bond acceptors (Lipinski definition) is 7. The normalized spacial score (nSPS) is 11.0. The van der Waals surface area contributed by atoms with E-state index in [0.29, 0.717) is 5.95 Å². The number of aromatic amines is 1. The fraction of sp³-hybridized carbons (Fsp3) is 0. The Kier molecular flexibility index (Phi) is 6.05. The van der Waals surface area contributed by atoms with E-state index in [9.17, 15) is 0 Å². The highest BCUT2D eigenvalue weighted by molar-refractivity contribution is 7.12. The summed E-state index contributed by atoms with van der Waals surface area (Å²) in [6.07, 6.45) is 1.98. The molecule has 4 rings (SSSR count). The topological polar surface area (TPSA) is 151 Å². The first-order chi connectivity index (χ1) is 13.3. The van der Waals surface area contributed by atoms with Crippen molar-refractivity contribution in [1.82, 2.24) is 9.97 Å². The Morgan fingerprint density at radius 2 is 1.43 bits per heavy atom. The van der Waals surface area contributed by atoms with Crippen molar-refractivity contribution >= 4 is 17.3 Å². The molecule has 0 saturated heterocycles. The van der Waals surface area contributed by atoms with Crippen LogP contribution in [0.1, 0.15) is 0 Å². The Balaban J connectivity index is 0.000000403. The van der Waals surface area contributed by atoms with Crippen LogP contribution in [-0.2, 0) is 0 Å². The minimum atomic E-state index is -4.94. The lowest BCUT2D eigenvalue weighted by molar-refractivity contribution is -2.00. The van der Waals surface area contributed by atoms with Crippen LogP contribution in [0, 0.1) is 10.2 Å². The second-order valence-corrected chi connectivity index (χ2v) is 7.14.